The Hall–Kier alpha value is -2.19. The first kappa shape index (κ1) is 15.3. The molecule has 0 spiro atoms. The van der Waals surface area contributed by atoms with Crippen LogP contribution in [0.5, 0.6) is 0 Å². The second kappa shape index (κ2) is 6.37. The Kier molecular flexibility index (Phi) is 4.07. The molecule has 24 heavy (non-hydrogen) atoms. The van der Waals surface area contributed by atoms with Crippen molar-refractivity contribution in [2.75, 3.05) is 43.4 Å². The van der Waals surface area contributed by atoms with Crippen molar-refractivity contribution < 1.29 is 0 Å². The summed E-state index contributed by atoms with van der Waals surface area (Å²) in [4.78, 5) is 13.5. The van der Waals surface area contributed by atoms with Crippen LogP contribution >= 0.6 is 15.9 Å². The molecule has 1 aromatic carbocycles. The summed E-state index contributed by atoms with van der Waals surface area (Å²) >= 11 is 3.40. The molecule has 2 aromatic heterocycles. The monoisotopic (exact) mass is 387 g/mol. The number of nitrogens with zero attached hydrogens (tertiary/aromatic N) is 6. The molecule has 1 saturated heterocycles. The lowest BCUT2D eigenvalue weighted by Crippen LogP contribution is -2.44. The standard InChI is InChI=1S/C16H18BrN7/c1-22-6-8-23(9-7-22)13-4-2-12(3-5-13)20-15-16-18-11-19-24(16)10-14(17)21-15/h2-5,10-11H,6-9H2,1H3,(H,20,21). The minimum Gasteiger partial charge on any atom is -0.369 e. The van der Waals surface area contributed by atoms with Crippen molar-refractivity contribution in [3.8, 4) is 0 Å². The molecule has 1 N–H and O–H groups in total. The van der Waals surface area contributed by atoms with Crippen LogP contribution in [0.25, 0.3) is 5.65 Å². The van der Waals surface area contributed by atoms with E-state index in [-0.39, 0.29) is 0 Å². The Morgan fingerprint density at radius 3 is 2.58 bits per heavy atom. The third-order valence-electron chi connectivity index (χ3n) is 4.23. The van der Waals surface area contributed by atoms with E-state index in [9.17, 15) is 0 Å². The maximum absolute atomic E-state index is 4.46. The Balaban J connectivity index is 1.54. The Morgan fingerprint density at radius 2 is 1.83 bits per heavy atom. The molecule has 1 aliphatic heterocycles. The smallest absolute Gasteiger partial charge is 0.198 e. The van der Waals surface area contributed by atoms with Crippen LogP contribution in [0.1, 0.15) is 0 Å². The van der Waals surface area contributed by atoms with Crippen molar-refractivity contribution in [3.63, 3.8) is 0 Å². The molecule has 0 saturated carbocycles. The lowest BCUT2D eigenvalue weighted by atomic mass is 10.2. The zero-order chi connectivity index (χ0) is 16.5. The van der Waals surface area contributed by atoms with E-state index in [0.29, 0.717) is 16.1 Å². The molecule has 7 nitrogen and oxygen atoms in total. The maximum atomic E-state index is 4.46. The number of anilines is 3. The molecular formula is C16H18BrN7. The number of hydrogen-bond donors (Lipinski definition) is 1. The third kappa shape index (κ3) is 3.07. The fraction of sp³-hybridized carbons (Fsp3) is 0.312. The molecule has 124 valence electrons. The van der Waals surface area contributed by atoms with Gasteiger partial charge in [-0.25, -0.2) is 14.5 Å². The van der Waals surface area contributed by atoms with Gasteiger partial charge in [0, 0.05) is 37.6 Å². The normalized spacial score (nSPS) is 15.8. The van der Waals surface area contributed by atoms with Gasteiger partial charge in [0.1, 0.15) is 10.9 Å². The summed E-state index contributed by atoms with van der Waals surface area (Å²) < 4.78 is 2.40. The third-order valence-corrected chi connectivity index (χ3v) is 4.61. The largest absolute Gasteiger partial charge is 0.369 e. The van der Waals surface area contributed by atoms with Gasteiger partial charge < -0.3 is 15.1 Å². The quantitative estimate of drug-likeness (QED) is 0.744. The predicted molar refractivity (Wildman–Crippen MR) is 97.9 cm³/mol. The Bertz CT molecular complexity index is 837. The number of hydrogen-bond acceptors (Lipinski definition) is 6. The zero-order valence-electron chi connectivity index (χ0n) is 13.4. The van der Waals surface area contributed by atoms with E-state index in [1.807, 2.05) is 0 Å². The van der Waals surface area contributed by atoms with Crippen LogP contribution in [-0.2, 0) is 0 Å². The van der Waals surface area contributed by atoms with Gasteiger partial charge >= 0.3 is 0 Å². The lowest BCUT2D eigenvalue weighted by Gasteiger charge is -2.34. The second-order valence-electron chi connectivity index (χ2n) is 5.90. The minimum absolute atomic E-state index is 0.675. The molecule has 0 radical (unpaired) electrons. The van der Waals surface area contributed by atoms with Gasteiger partial charge in [-0.05, 0) is 47.2 Å². The highest BCUT2D eigenvalue weighted by Gasteiger charge is 2.14. The van der Waals surface area contributed by atoms with Crippen LogP contribution in [0.3, 0.4) is 0 Å². The van der Waals surface area contributed by atoms with E-state index in [2.05, 4.69) is 77.4 Å². The number of halogens is 1. The van der Waals surface area contributed by atoms with Gasteiger partial charge in [0.2, 0.25) is 0 Å². The van der Waals surface area contributed by atoms with Gasteiger partial charge in [-0.2, -0.15) is 5.10 Å². The van der Waals surface area contributed by atoms with Crippen LogP contribution in [0.2, 0.25) is 0 Å². The van der Waals surface area contributed by atoms with Gasteiger partial charge in [-0.1, -0.05) is 0 Å². The van der Waals surface area contributed by atoms with E-state index >= 15 is 0 Å². The number of fused-ring (bicyclic) bond motifs is 1. The number of benzene rings is 1. The van der Waals surface area contributed by atoms with E-state index in [1.54, 1.807) is 10.7 Å². The van der Waals surface area contributed by atoms with Crippen LogP contribution in [0.4, 0.5) is 17.2 Å². The highest BCUT2D eigenvalue weighted by molar-refractivity contribution is 9.10. The summed E-state index contributed by atoms with van der Waals surface area (Å²) in [5, 5.41) is 7.47. The van der Waals surface area contributed by atoms with E-state index < -0.39 is 0 Å². The second-order valence-corrected chi connectivity index (χ2v) is 6.72. The van der Waals surface area contributed by atoms with Crippen molar-refractivity contribution in [1.82, 2.24) is 24.5 Å². The summed E-state index contributed by atoms with van der Waals surface area (Å²) in [5.74, 6) is 0.675. The molecule has 4 rings (SSSR count). The van der Waals surface area contributed by atoms with Crippen LogP contribution < -0.4 is 10.2 Å². The summed E-state index contributed by atoms with van der Waals surface area (Å²) in [5.41, 5.74) is 2.92. The van der Waals surface area contributed by atoms with E-state index in [0.717, 1.165) is 31.9 Å². The molecule has 0 unspecified atom stereocenters. The fourth-order valence-electron chi connectivity index (χ4n) is 2.84. The molecule has 8 heteroatoms. The molecule has 3 aromatic rings. The fourth-order valence-corrected chi connectivity index (χ4v) is 3.21. The van der Waals surface area contributed by atoms with Gasteiger partial charge in [-0.15, -0.1) is 0 Å². The average Bonchev–Trinajstić information content (AvgIpc) is 3.05. The predicted octanol–water partition coefficient (Wildman–Crippen LogP) is 2.38. The molecule has 1 fully saturated rings. The van der Waals surface area contributed by atoms with Crippen LogP contribution in [0.15, 0.2) is 41.4 Å². The van der Waals surface area contributed by atoms with Crippen molar-refractivity contribution in [3.05, 3.63) is 41.4 Å². The zero-order valence-corrected chi connectivity index (χ0v) is 14.9. The summed E-state index contributed by atoms with van der Waals surface area (Å²) in [6.45, 7) is 4.34. The molecule has 0 amide bonds. The first-order chi connectivity index (χ1) is 11.7. The van der Waals surface area contributed by atoms with Gasteiger partial charge in [0.15, 0.2) is 11.5 Å². The Labute approximate surface area is 148 Å². The minimum atomic E-state index is 0.675. The molecule has 0 aliphatic carbocycles. The Morgan fingerprint density at radius 1 is 1.08 bits per heavy atom. The molecule has 0 atom stereocenters. The van der Waals surface area contributed by atoms with Crippen molar-refractivity contribution in [2.24, 2.45) is 0 Å². The van der Waals surface area contributed by atoms with E-state index in [1.165, 1.54) is 12.0 Å². The average molecular weight is 388 g/mol. The van der Waals surface area contributed by atoms with Crippen molar-refractivity contribution in [1.29, 1.82) is 0 Å². The lowest BCUT2D eigenvalue weighted by molar-refractivity contribution is 0.313. The van der Waals surface area contributed by atoms with Crippen molar-refractivity contribution in [2.45, 2.75) is 0 Å². The van der Waals surface area contributed by atoms with Crippen LogP contribution in [-0.4, -0.2) is 57.7 Å². The van der Waals surface area contributed by atoms with Gasteiger partial charge in [-0.3, -0.25) is 0 Å². The summed E-state index contributed by atoms with van der Waals surface area (Å²) in [6.07, 6.45) is 3.30. The maximum Gasteiger partial charge on any atom is 0.198 e. The highest BCUT2D eigenvalue weighted by atomic mass is 79.9. The number of aromatic nitrogens is 4. The van der Waals surface area contributed by atoms with Crippen molar-refractivity contribution >= 4 is 38.8 Å². The first-order valence-electron chi connectivity index (χ1n) is 7.85. The topological polar surface area (TPSA) is 61.6 Å². The summed E-state index contributed by atoms with van der Waals surface area (Å²) in [7, 11) is 2.17. The summed E-state index contributed by atoms with van der Waals surface area (Å²) in [6, 6.07) is 8.44. The number of nitrogens with one attached hydrogen (secondary N) is 1. The van der Waals surface area contributed by atoms with Gasteiger partial charge in [0.05, 0.1) is 6.20 Å². The number of piperazine rings is 1. The molecule has 3 heterocycles. The van der Waals surface area contributed by atoms with Crippen LogP contribution in [0, 0.1) is 0 Å². The number of likely N-dealkylation sites (N-methyl/N-ethyl adjacent to an activating group) is 1. The molecule has 1 aliphatic rings. The SMILES string of the molecule is CN1CCN(c2ccc(Nc3nc(Br)cn4ncnc34)cc2)CC1. The van der Waals surface area contributed by atoms with E-state index in [4.69, 9.17) is 0 Å². The molecular weight excluding hydrogens is 370 g/mol. The molecule has 0 bridgehead atoms. The van der Waals surface area contributed by atoms with Gasteiger partial charge in [0.25, 0.3) is 0 Å². The first-order valence-corrected chi connectivity index (χ1v) is 8.65. The number of rotatable bonds is 3. The highest BCUT2D eigenvalue weighted by Crippen LogP contribution is 2.24.